The zero-order valence-corrected chi connectivity index (χ0v) is 24.5. The molecule has 2 rings (SSSR count). The molecule has 0 N–H and O–H groups in total. The van der Waals surface area contributed by atoms with Crippen molar-refractivity contribution in [1.29, 1.82) is 0 Å². The predicted molar refractivity (Wildman–Crippen MR) is 154 cm³/mol. The summed E-state index contributed by atoms with van der Waals surface area (Å²) >= 11 is 0. The van der Waals surface area contributed by atoms with Gasteiger partial charge in [-0.1, -0.05) is 122 Å². The molecule has 3 nitrogen and oxygen atoms in total. The van der Waals surface area contributed by atoms with Crippen LogP contribution >= 0.6 is 0 Å². The van der Waals surface area contributed by atoms with Crippen LogP contribution in [0.1, 0.15) is 152 Å². The predicted octanol–water partition coefficient (Wildman–Crippen LogP) is 10.1. The van der Waals surface area contributed by atoms with Crippen molar-refractivity contribution in [1.82, 2.24) is 0 Å². The third kappa shape index (κ3) is 10.1. The molecule has 0 radical (unpaired) electrons. The second kappa shape index (κ2) is 18.4. The van der Waals surface area contributed by atoms with E-state index < -0.39 is 5.97 Å². The van der Waals surface area contributed by atoms with Gasteiger partial charge in [0.15, 0.2) is 0 Å². The summed E-state index contributed by atoms with van der Waals surface area (Å²) in [6.07, 6.45) is 24.1. The van der Waals surface area contributed by atoms with Gasteiger partial charge in [-0.15, -0.1) is 0 Å². The number of unbranched alkanes of at least 4 members (excludes halogenated alkanes) is 10. The van der Waals surface area contributed by atoms with Crippen LogP contribution in [0.4, 0.5) is 0 Å². The Bertz CT molecular complexity index is 635. The molecule has 0 amide bonds. The minimum absolute atomic E-state index is 0.0609. The molecule has 3 heteroatoms. The van der Waals surface area contributed by atoms with E-state index in [0.29, 0.717) is 5.92 Å². The maximum absolute atomic E-state index is 5.82. The van der Waals surface area contributed by atoms with Crippen LogP contribution in [0.2, 0.25) is 0 Å². The van der Waals surface area contributed by atoms with Gasteiger partial charge in [0.05, 0.1) is 5.92 Å². The maximum Gasteiger partial charge on any atom is 0.289 e. The summed E-state index contributed by atoms with van der Waals surface area (Å²) in [5, 5.41) is 0. The molecule has 1 aliphatic rings. The molecule has 1 aromatic rings. The third-order valence-electron chi connectivity index (χ3n) is 8.75. The van der Waals surface area contributed by atoms with E-state index in [0.717, 1.165) is 18.8 Å². The summed E-state index contributed by atoms with van der Waals surface area (Å²) < 4.78 is 17.5. The van der Waals surface area contributed by atoms with Crippen LogP contribution in [0.5, 0.6) is 0 Å². The van der Waals surface area contributed by atoms with Crippen LogP contribution in [-0.4, -0.2) is 27.3 Å². The summed E-state index contributed by atoms with van der Waals surface area (Å²) in [5.41, 5.74) is 2.77. The first-order valence-electron chi connectivity index (χ1n) is 15.4. The molecule has 36 heavy (non-hydrogen) atoms. The zero-order chi connectivity index (χ0) is 26.1. The molecule has 1 aliphatic carbocycles. The van der Waals surface area contributed by atoms with E-state index in [1.807, 2.05) is 0 Å². The normalized spacial score (nSPS) is 19.5. The Labute approximate surface area is 224 Å². The maximum atomic E-state index is 5.82. The summed E-state index contributed by atoms with van der Waals surface area (Å²) in [5.74, 6) is 0.707. The number of hydrogen-bond donors (Lipinski definition) is 0. The van der Waals surface area contributed by atoms with Crippen molar-refractivity contribution in [2.75, 3.05) is 21.3 Å². The van der Waals surface area contributed by atoms with E-state index in [9.17, 15) is 0 Å². The number of hydrogen-bond acceptors (Lipinski definition) is 3. The molecule has 1 aromatic carbocycles. The molecule has 1 unspecified atom stereocenters. The number of rotatable bonds is 20. The van der Waals surface area contributed by atoms with Crippen LogP contribution < -0.4 is 0 Å². The number of methoxy groups -OCH3 is 3. The Morgan fingerprint density at radius 1 is 0.667 bits per heavy atom. The molecule has 0 spiro atoms. The first kappa shape index (κ1) is 31.3. The lowest BCUT2D eigenvalue weighted by atomic mass is 9.76. The highest BCUT2D eigenvalue weighted by Crippen LogP contribution is 2.40. The largest absolute Gasteiger partial charge is 0.330 e. The molecule has 1 atom stereocenters. The van der Waals surface area contributed by atoms with Crippen molar-refractivity contribution in [2.45, 2.75) is 147 Å². The van der Waals surface area contributed by atoms with Gasteiger partial charge in [0.1, 0.15) is 0 Å². The van der Waals surface area contributed by atoms with Crippen molar-refractivity contribution >= 4 is 0 Å². The Hall–Kier alpha value is -0.900. The van der Waals surface area contributed by atoms with Gasteiger partial charge < -0.3 is 14.2 Å². The lowest BCUT2D eigenvalue weighted by Crippen LogP contribution is -2.42. The van der Waals surface area contributed by atoms with Crippen molar-refractivity contribution in [3.63, 3.8) is 0 Å². The van der Waals surface area contributed by atoms with Crippen molar-refractivity contribution < 1.29 is 14.2 Å². The van der Waals surface area contributed by atoms with Gasteiger partial charge in [0.2, 0.25) is 0 Å². The smallest absolute Gasteiger partial charge is 0.289 e. The fourth-order valence-corrected chi connectivity index (χ4v) is 6.35. The van der Waals surface area contributed by atoms with E-state index in [4.69, 9.17) is 14.2 Å². The molecule has 208 valence electrons. The Kier molecular flexibility index (Phi) is 16.0. The van der Waals surface area contributed by atoms with E-state index in [1.165, 1.54) is 114 Å². The van der Waals surface area contributed by atoms with Gasteiger partial charge >= 0.3 is 0 Å². The van der Waals surface area contributed by atoms with Gasteiger partial charge in [-0.2, -0.15) is 0 Å². The number of benzene rings is 1. The van der Waals surface area contributed by atoms with Crippen molar-refractivity contribution in [3.05, 3.63) is 35.4 Å². The molecule has 0 aromatic heterocycles. The van der Waals surface area contributed by atoms with Crippen LogP contribution in [0, 0.1) is 5.92 Å². The minimum atomic E-state index is -1.03. The van der Waals surface area contributed by atoms with Crippen LogP contribution in [0.15, 0.2) is 24.3 Å². The fraction of sp³-hybridized carbons (Fsp3) is 0.818. The van der Waals surface area contributed by atoms with E-state index in [2.05, 4.69) is 38.1 Å². The quantitative estimate of drug-likeness (QED) is 0.131. The average molecular weight is 503 g/mol. The van der Waals surface area contributed by atoms with Crippen molar-refractivity contribution in [3.8, 4) is 0 Å². The standard InChI is InChI=1S/C33H58O3/c1-6-8-10-12-14-16-18-28-20-22-29(23-21-28)30-24-26-31(27-25-30)32(33(34-3,35-4)36-5)19-17-15-13-11-9-7-2/h24-29,32H,6-23H2,1-5H3. The first-order valence-corrected chi connectivity index (χ1v) is 15.4. The average Bonchev–Trinajstić information content (AvgIpc) is 2.93. The Balaban J connectivity index is 1.90. The van der Waals surface area contributed by atoms with Gasteiger partial charge in [0.25, 0.3) is 5.97 Å². The van der Waals surface area contributed by atoms with Crippen LogP contribution in [0.3, 0.4) is 0 Å². The van der Waals surface area contributed by atoms with E-state index in [1.54, 1.807) is 21.3 Å². The lowest BCUT2D eigenvalue weighted by Gasteiger charge is -2.37. The monoisotopic (exact) mass is 502 g/mol. The molecule has 1 saturated carbocycles. The molecule has 0 bridgehead atoms. The third-order valence-corrected chi connectivity index (χ3v) is 8.75. The highest BCUT2D eigenvalue weighted by atomic mass is 16.9. The van der Waals surface area contributed by atoms with E-state index >= 15 is 0 Å². The first-order chi connectivity index (χ1) is 17.6. The second-order valence-corrected chi connectivity index (χ2v) is 11.3. The molecule has 0 aliphatic heterocycles. The van der Waals surface area contributed by atoms with Gasteiger partial charge in [-0.25, -0.2) is 0 Å². The Morgan fingerprint density at radius 3 is 1.69 bits per heavy atom. The second-order valence-electron chi connectivity index (χ2n) is 11.3. The Morgan fingerprint density at radius 2 is 1.17 bits per heavy atom. The zero-order valence-electron chi connectivity index (χ0n) is 24.5. The summed E-state index contributed by atoms with van der Waals surface area (Å²) in [7, 11) is 5.08. The van der Waals surface area contributed by atoms with Gasteiger partial charge in [-0.05, 0) is 55.1 Å². The van der Waals surface area contributed by atoms with Gasteiger partial charge in [-0.3, -0.25) is 0 Å². The highest BCUT2D eigenvalue weighted by molar-refractivity contribution is 5.29. The van der Waals surface area contributed by atoms with Crippen molar-refractivity contribution in [2.24, 2.45) is 5.92 Å². The molecule has 0 saturated heterocycles. The molecule has 1 fully saturated rings. The highest BCUT2D eigenvalue weighted by Gasteiger charge is 2.40. The molecular weight excluding hydrogens is 444 g/mol. The fourth-order valence-electron chi connectivity index (χ4n) is 6.35. The summed E-state index contributed by atoms with van der Waals surface area (Å²) in [6, 6.07) is 9.36. The van der Waals surface area contributed by atoms with Gasteiger partial charge in [0, 0.05) is 21.3 Å². The van der Waals surface area contributed by atoms with E-state index in [-0.39, 0.29) is 5.92 Å². The minimum Gasteiger partial charge on any atom is -0.330 e. The molecular formula is C33H58O3. The topological polar surface area (TPSA) is 27.7 Å². The SMILES string of the molecule is CCCCCCCCC1CCC(c2ccc(C(CCCCCCCC)C(OC)(OC)OC)cc2)CC1. The van der Waals surface area contributed by atoms with Crippen LogP contribution in [0.25, 0.3) is 0 Å². The number of ether oxygens (including phenoxy) is 3. The molecule has 0 heterocycles. The lowest BCUT2D eigenvalue weighted by molar-refractivity contribution is -0.365. The summed E-state index contributed by atoms with van der Waals surface area (Å²) in [6.45, 7) is 4.57. The summed E-state index contributed by atoms with van der Waals surface area (Å²) in [4.78, 5) is 0. The van der Waals surface area contributed by atoms with Crippen LogP contribution in [-0.2, 0) is 14.2 Å².